The second-order valence-corrected chi connectivity index (χ2v) is 7.01. The van der Waals surface area contributed by atoms with Gasteiger partial charge in [-0.1, -0.05) is 35.5 Å². The van der Waals surface area contributed by atoms with Crippen LogP contribution in [0.25, 0.3) is 22.2 Å². The van der Waals surface area contributed by atoms with Gasteiger partial charge in [0, 0.05) is 34.0 Å². The van der Waals surface area contributed by atoms with E-state index in [2.05, 4.69) is 25.7 Å². The zero-order valence-corrected chi connectivity index (χ0v) is 16.0. The predicted octanol–water partition coefficient (Wildman–Crippen LogP) is 4.19. The minimum absolute atomic E-state index is 0.0598. The summed E-state index contributed by atoms with van der Waals surface area (Å²) in [6.45, 7) is -0.0598. The second-order valence-electron chi connectivity index (χ2n) is 7.01. The lowest BCUT2D eigenvalue weighted by Gasteiger charge is -2.19. The number of aromatic amines is 1. The molecule has 5 rings (SSSR count). The highest BCUT2D eigenvalue weighted by atomic mass is 16.5. The molecule has 3 heterocycles. The Labute approximate surface area is 171 Å². The standard InChI is InChI=1S/C22H17N5O3/c1-30-22(28)13-8-6-12(7-9-13)20-15-10-23-21-19(15)18(17(11-24-29)26-27-21)14-4-2-3-5-16(14)25-20/h2-10,20,25H,11H2,1H3,(H,23,27). The number of para-hydroxylation sites is 1. The molecule has 2 aromatic heterocycles. The number of anilines is 1. The lowest BCUT2D eigenvalue weighted by Crippen LogP contribution is -2.12. The molecule has 8 nitrogen and oxygen atoms in total. The molecular formula is C22H17N5O3. The number of nitroso groups, excluding NO2 is 1. The molecule has 0 saturated carbocycles. The molecule has 0 fully saturated rings. The number of aromatic nitrogens is 3. The molecule has 8 heteroatoms. The summed E-state index contributed by atoms with van der Waals surface area (Å²) in [4.78, 5) is 26.0. The Kier molecular flexibility index (Phi) is 4.24. The van der Waals surface area contributed by atoms with Crippen molar-refractivity contribution in [3.05, 3.63) is 82.0 Å². The van der Waals surface area contributed by atoms with E-state index in [1.807, 2.05) is 42.6 Å². The van der Waals surface area contributed by atoms with Crippen LogP contribution in [0.15, 0.2) is 59.9 Å². The molecule has 2 N–H and O–H groups in total. The molecule has 0 bridgehead atoms. The van der Waals surface area contributed by atoms with Gasteiger partial charge >= 0.3 is 5.97 Å². The molecule has 30 heavy (non-hydrogen) atoms. The zero-order chi connectivity index (χ0) is 20.7. The number of rotatable bonds is 4. The van der Waals surface area contributed by atoms with Gasteiger partial charge in [-0.15, -0.1) is 5.10 Å². The second kappa shape index (κ2) is 7.07. The molecular weight excluding hydrogens is 382 g/mol. The van der Waals surface area contributed by atoms with Crippen LogP contribution in [-0.4, -0.2) is 28.3 Å². The quantitative estimate of drug-likeness (QED) is 0.393. The van der Waals surface area contributed by atoms with Crippen LogP contribution in [0.4, 0.5) is 5.69 Å². The smallest absolute Gasteiger partial charge is 0.337 e. The Morgan fingerprint density at radius 2 is 1.93 bits per heavy atom. The number of hydrogen-bond acceptors (Lipinski definition) is 7. The first-order chi connectivity index (χ1) is 14.7. The first-order valence-corrected chi connectivity index (χ1v) is 9.41. The summed E-state index contributed by atoms with van der Waals surface area (Å²) in [6.07, 6.45) is 1.90. The lowest BCUT2D eigenvalue weighted by atomic mass is 9.95. The number of esters is 1. The predicted molar refractivity (Wildman–Crippen MR) is 112 cm³/mol. The van der Waals surface area contributed by atoms with Crippen LogP contribution in [0, 0.1) is 4.91 Å². The minimum Gasteiger partial charge on any atom is -0.465 e. The number of ether oxygens (including phenoxy) is 1. The van der Waals surface area contributed by atoms with Crippen LogP contribution in [0.2, 0.25) is 0 Å². The van der Waals surface area contributed by atoms with E-state index in [0.717, 1.165) is 33.3 Å². The molecule has 2 aromatic carbocycles. The van der Waals surface area contributed by atoms with Gasteiger partial charge in [-0.25, -0.2) is 4.79 Å². The Morgan fingerprint density at radius 1 is 1.13 bits per heavy atom. The third-order valence-corrected chi connectivity index (χ3v) is 5.39. The summed E-state index contributed by atoms with van der Waals surface area (Å²) in [6, 6.07) is 15.0. The molecule has 0 saturated heterocycles. The summed E-state index contributed by atoms with van der Waals surface area (Å²) in [5.41, 5.74) is 6.32. The highest BCUT2D eigenvalue weighted by Gasteiger charge is 2.28. The maximum atomic E-state index is 11.8. The molecule has 1 unspecified atom stereocenters. The van der Waals surface area contributed by atoms with Gasteiger partial charge in [-0.05, 0) is 23.8 Å². The van der Waals surface area contributed by atoms with Crippen LogP contribution < -0.4 is 5.32 Å². The number of nitrogens with zero attached hydrogens (tertiary/aromatic N) is 3. The number of methoxy groups -OCH3 is 1. The van der Waals surface area contributed by atoms with E-state index in [9.17, 15) is 9.70 Å². The fourth-order valence-electron chi connectivity index (χ4n) is 4.02. The van der Waals surface area contributed by atoms with Gasteiger partial charge < -0.3 is 15.0 Å². The van der Waals surface area contributed by atoms with Crippen molar-refractivity contribution in [2.45, 2.75) is 12.6 Å². The van der Waals surface area contributed by atoms with E-state index in [1.165, 1.54) is 7.11 Å². The maximum Gasteiger partial charge on any atom is 0.337 e. The monoisotopic (exact) mass is 399 g/mol. The van der Waals surface area contributed by atoms with Crippen molar-refractivity contribution in [2.75, 3.05) is 12.4 Å². The molecule has 1 aliphatic rings. The van der Waals surface area contributed by atoms with Crippen molar-refractivity contribution in [2.24, 2.45) is 5.18 Å². The van der Waals surface area contributed by atoms with Gasteiger partial charge in [-0.2, -0.15) is 10.0 Å². The summed E-state index contributed by atoms with van der Waals surface area (Å²) in [5.74, 6) is -0.378. The van der Waals surface area contributed by atoms with Crippen molar-refractivity contribution >= 4 is 22.7 Å². The largest absolute Gasteiger partial charge is 0.465 e. The number of carbonyl (C=O) groups excluding carboxylic acids is 1. The van der Waals surface area contributed by atoms with E-state index in [4.69, 9.17) is 4.74 Å². The fraction of sp³-hybridized carbons (Fsp3) is 0.136. The van der Waals surface area contributed by atoms with Crippen LogP contribution in [0.3, 0.4) is 0 Å². The Bertz CT molecular complexity index is 1280. The normalized spacial score (nSPS) is 14.5. The highest BCUT2D eigenvalue weighted by Crippen LogP contribution is 2.44. The number of hydrogen-bond donors (Lipinski definition) is 2. The number of H-pyrrole nitrogens is 1. The van der Waals surface area contributed by atoms with Crippen LogP contribution in [-0.2, 0) is 11.3 Å². The first kappa shape index (κ1) is 18.0. The molecule has 148 valence electrons. The average Bonchev–Trinajstić information content (AvgIpc) is 3.15. The van der Waals surface area contributed by atoms with Gasteiger partial charge in [0.1, 0.15) is 6.54 Å². The summed E-state index contributed by atoms with van der Waals surface area (Å²) in [7, 11) is 1.36. The molecule has 0 aliphatic carbocycles. The third-order valence-electron chi connectivity index (χ3n) is 5.39. The molecule has 0 spiro atoms. The van der Waals surface area contributed by atoms with E-state index in [0.29, 0.717) is 16.9 Å². The summed E-state index contributed by atoms with van der Waals surface area (Å²) in [5, 5.41) is 16.1. The van der Waals surface area contributed by atoms with Crippen molar-refractivity contribution < 1.29 is 9.53 Å². The van der Waals surface area contributed by atoms with Gasteiger partial charge in [-0.3, -0.25) is 0 Å². The van der Waals surface area contributed by atoms with Gasteiger partial charge in [0.25, 0.3) is 0 Å². The van der Waals surface area contributed by atoms with E-state index in [-0.39, 0.29) is 18.6 Å². The SMILES string of the molecule is COC(=O)c1ccc(C2Nc3ccccc3-c3c(CN=O)nnc4[nH]cc2c34)cc1. The molecule has 1 atom stereocenters. The number of fused-ring (bicyclic) bond motifs is 2. The van der Waals surface area contributed by atoms with Gasteiger partial charge in [0.2, 0.25) is 0 Å². The lowest BCUT2D eigenvalue weighted by molar-refractivity contribution is 0.0600. The van der Waals surface area contributed by atoms with Gasteiger partial charge in [0.15, 0.2) is 5.65 Å². The van der Waals surface area contributed by atoms with Crippen LogP contribution >= 0.6 is 0 Å². The maximum absolute atomic E-state index is 11.8. The Balaban J connectivity index is 1.75. The number of benzene rings is 2. The van der Waals surface area contributed by atoms with Crippen molar-refractivity contribution in [3.8, 4) is 11.1 Å². The van der Waals surface area contributed by atoms with E-state index in [1.54, 1.807) is 12.1 Å². The Morgan fingerprint density at radius 3 is 2.70 bits per heavy atom. The van der Waals surface area contributed by atoms with Crippen molar-refractivity contribution in [1.82, 2.24) is 15.2 Å². The van der Waals surface area contributed by atoms with Gasteiger partial charge in [0.05, 0.1) is 24.4 Å². The minimum atomic E-state index is -0.378. The first-order valence-electron chi connectivity index (χ1n) is 9.41. The molecule has 1 aliphatic heterocycles. The topological polar surface area (TPSA) is 109 Å². The van der Waals surface area contributed by atoms with E-state index >= 15 is 0 Å². The summed E-state index contributed by atoms with van der Waals surface area (Å²) >= 11 is 0. The number of carbonyl (C=O) groups is 1. The van der Waals surface area contributed by atoms with Crippen molar-refractivity contribution in [1.29, 1.82) is 0 Å². The van der Waals surface area contributed by atoms with E-state index < -0.39 is 0 Å². The molecule has 4 aromatic rings. The van der Waals surface area contributed by atoms with Crippen molar-refractivity contribution in [3.63, 3.8) is 0 Å². The third kappa shape index (κ3) is 2.73. The number of nitrogens with one attached hydrogen (secondary N) is 2. The molecule has 0 radical (unpaired) electrons. The van der Waals surface area contributed by atoms with Crippen LogP contribution in [0.1, 0.15) is 33.2 Å². The fourth-order valence-corrected chi connectivity index (χ4v) is 4.02. The summed E-state index contributed by atoms with van der Waals surface area (Å²) < 4.78 is 4.80. The van der Waals surface area contributed by atoms with Crippen LogP contribution in [0.5, 0.6) is 0 Å². The highest BCUT2D eigenvalue weighted by molar-refractivity contribution is 6.02. The average molecular weight is 399 g/mol. The molecule has 0 amide bonds. The zero-order valence-electron chi connectivity index (χ0n) is 16.0. The Hall–Kier alpha value is -4.07.